The fourth-order valence-corrected chi connectivity index (χ4v) is 0.713. The molecule has 1 rings (SSSR count). The molecule has 0 amide bonds. The number of anilines is 1. The first-order valence-electron chi connectivity index (χ1n) is 3.45. The van der Waals surface area contributed by atoms with Crippen LogP contribution in [0.5, 0.6) is 5.88 Å². The summed E-state index contributed by atoms with van der Waals surface area (Å²) in [7, 11) is 0. The van der Waals surface area contributed by atoms with Gasteiger partial charge in [0.25, 0.3) is 0 Å². The molecular weight excluding hydrogens is 142 g/mol. The van der Waals surface area contributed by atoms with E-state index in [1.165, 1.54) is 6.33 Å². The minimum atomic E-state index is 0.472. The van der Waals surface area contributed by atoms with E-state index >= 15 is 0 Å². The van der Waals surface area contributed by atoms with Gasteiger partial charge >= 0.3 is 0 Å². The number of nitrogens with zero attached hydrogens (tertiary/aromatic N) is 2. The second-order valence-corrected chi connectivity index (χ2v) is 2.11. The average Bonchev–Trinajstić information content (AvgIpc) is 1.99. The Hall–Kier alpha value is -1.32. The van der Waals surface area contributed by atoms with E-state index in [1.54, 1.807) is 0 Å². The zero-order valence-corrected chi connectivity index (χ0v) is 6.66. The molecule has 0 aromatic carbocycles. The Balaban J connectivity index is 2.96. The van der Waals surface area contributed by atoms with Crippen LogP contribution in [0, 0.1) is 6.92 Å². The molecule has 0 saturated heterocycles. The summed E-state index contributed by atoms with van der Waals surface area (Å²) in [6, 6.07) is 0. The number of rotatable bonds is 2. The Morgan fingerprint density at radius 2 is 2.27 bits per heavy atom. The van der Waals surface area contributed by atoms with E-state index in [9.17, 15) is 0 Å². The average molecular weight is 153 g/mol. The molecule has 11 heavy (non-hydrogen) atoms. The highest BCUT2D eigenvalue weighted by Crippen LogP contribution is 2.18. The zero-order valence-electron chi connectivity index (χ0n) is 6.66. The lowest BCUT2D eigenvalue weighted by Gasteiger charge is -2.05. The lowest BCUT2D eigenvalue weighted by atomic mass is 10.4. The highest BCUT2D eigenvalue weighted by Gasteiger charge is 2.03. The van der Waals surface area contributed by atoms with Crippen molar-refractivity contribution >= 4 is 5.69 Å². The van der Waals surface area contributed by atoms with Gasteiger partial charge in [-0.3, -0.25) is 0 Å². The van der Waals surface area contributed by atoms with Crippen LogP contribution in [0.4, 0.5) is 5.69 Å². The van der Waals surface area contributed by atoms with Gasteiger partial charge in [0, 0.05) is 0 Å². The SMILES string of the molecule is CCOc1ncnc(C)c1N. The Morgan fingerprint density at radius 3 is 2.91 bits per heavy atom. The van der Waals surface area contributed by atoms with E-state index in [1.807, 2.05) is 13.8 Å². The van der Waals surface area contributed by atoms with E-state index in [4.69, 9.17) is 10.5 Å². The van der Waals surface area contributed by atoms with Gasteiger partial charge in [0.2, 0.25) is 5.88 Å². The molecule has 1 heterocycles. The maximum Gasteiger partial charge on any atom is 0.240 e. The van der Waals surface area contributed by atoms with Crippen molar-refractivity contribution in [1.82, 2.24) is 9.97 Å². The van der Waals surface area contributed by atoms with Crippen molar-refractivity contribution in [2.45, 2.75) is 13.8 Å². The number of hydrogen-bond donors (Lipinski definition) is 1. The molecule has 2 N–H and O–H groups in total. The molecule has 60 valence electrons. The third-order valence-electron chi connectivity index (χ3n) is 1.33. The molecule has 0 atom stereocenters. The molecule has 0 bridgehead atoms. The predicted octanol–water partition coefficient (Wildman–Crippen LogP) is 0.766. The Bertz CT molecular complexity index is 249. The third-order valence-corrected chi connectivity index (χ3v) is 1.33. The summed E-state index contributed by atoms with van der Waals surface area (Å²) >= 11 is 0. The van der Waals surface area contributed by atoms with Crippen LogP contribution in [0.25, 0.3) is 0 Å². The second-order valence-electron chi connectivity index (χ2n) is 2.11. The van der Waals surface area contributed by atoms with Gasteiger partial charge in [-0.15, -0.1) is 0 Å². The van der Waals surface area contributed by atoms with Gasteiger partial charge in [0.05, 0.1) is 12.3 Å². The van der Waals surface area contributed by atoms with Gasteiger partial charge in [-0.2, -0.15) is 4.98 Å². The van der Waals surface area contributed by atoms with Gasteiger partial charge in [-0.05, 0) is 13.8 Å². The summed E-state index contributed by atoms with van der Waals surface area (Å²) in [5.41, 5.74) is 6.89. The molecule has 0 aliphatic carbocycles. The molecule has 0 unspecified atom stereocenters. The predicted molar refractivity (Wildman–Crippen MR) is 42.4 cm³/mol. The van der Waals surface area contributed by atoms with E-state index in [0.717, 1.165) is 5.69 Å². The summed E-state index contributed by atoms with van der Waals surface area (Å²) in [6.45, 7) is 4.27. The molecule has 0 fully saturated rings. The van der Waals surface area contributed by atoms with Gasteiger partial charge in [0.1, 0.15) is 12.0 Å². The monoisotopic (exact) mass is 153 g/mol. The summed E-state index contributed by atoms with van der Waals surface area (Å²) in [5.74, 6) is 0.472. The van der Waals surface area contributed by atoms with Crippen LogP contribution in [-0.2, 0) is 0 Å². The Morgan fingerprint density at radius 1 is 1.55 bits per heavy atom. The Labute approximate surface area is 65.4 Å². The lowest BCUT2D eigenvalue weighted by molar-refractivity contribution is 0.328. The van der Waals surface area contributed by atoms with Gasteiger partial charge in [-0.1, -0.05) is 0 Å². The number of nitrogens with two attached hydrogens (primary N) is 1. The molecule has 4 nitrogen and oxygen atoms in total. The smallest absolute Gasteiger partial charge is 0.240 e. The molecule has 0 spiro atoms. The number of hydrogen-bond acceptors (Lipinski definition) is 4. The topological polar surface area (TPSA) is 61.0 Å². The van der Waals surface area contributed by atoms with E-state index in [0.29, 0.717) is 18.2 Å². The first-order valence-corrected chi connectivity index (χ1v) is 3.45. The summed E-state index contributed by atoms with van der Waals surface area (Å²) < 4.78 is 5.14. The van der Waals surface area contributed by atoms with Crippen molar-refractivity contribution in [3.05, 3.63) is 12.0 Å². The van der Waals surface area contributed by atoms with Crippen molar-refractivity contribution < 1.29 is 4.74 Å². The molecular formula is C7H11N3O. The van der Waals surface area contributed by atoms with Crippen molar-refractivity contribution in [1.29, 1.82) is 0 Å². The zero-order chi connectivity index (χ0) is 8.27. The van der Waals surface area contributed by atoms with Gasteiger partial charge < -0.3 is 10.5 Å². The van der Waals surface area contributed by atoms with Crippen LogP contribution in [0.15, 0.2) is 6.33 Å². The van der Waals surface area contributed by atoms with Crippen LogP contribution in [-0.4, -0.2) is 16.6 Å². The van der Waals surface area contributed by atoms with Crippen molar-refractivity contribution in [3.63, 3.8) is 0 Å². The van der Waals surface area contributed by atoms with E-state index in [-0.39, 0.29) is 0 Å². The number of aromatic nitrogens is 2. The van der Waals surface area contributed by atoms with Crippen LogP contribution >= 0.6 is 0 Å². The summed E-state index contributed by atoms with van der Waals surface area (Å²) in [6.07, 6.45) is 1.44. The normalized spacial score (nSPS) is 9.64. The van der Waals surface area contributed by atoms with E-state index < -0.39 is 0 Å². The van der Waals surface area contributed by atoms with Crippen LogP contribution in [0.1, 0.15) is 12.6 Å². The fourth-order valence-electron chi connectivity index (χ4n) is 0.713. The molecule has 1 aromatic heterocycles. The number of nitrogen functional groups attached to an aromatic ring is 1. The van der Waals surface area contributed by atoms with Crippen LogP contribution in [0.2, 0.25) is 0 Å². The first-order chi connectivity index (χ1) is 5.25. The molecule has 0 aliphatic heterocycles. The largest absolute Gasteiger partial charge is 0.476 e. The maximum absolute atomic E-state index is 5.62. The summed E-state index contributed by atoms with van der Waals surface area (Å²) in [4.78, 5) is 7.78. The molecule has 0 aliphatic rings. The molecule has 0 saturated carbocycles. The van der Waals surface area contributed by atoms with Gasteiger partial charge in [0.15, 0.2) is 0 Å². The second kappa shape index (κ2) is 3.18. The standard InChI is InChI=1S/C7H11N3O/c1-3-11-7-6(8)5(2)9-4-10-7/h4H,3,8H2,1-2H3. The number of ether oxygens (including phenoxy) is 1. The van der Waals surface area contributed by atoms with Crippen molar-refractivity contribution in [3.8, 4) is 5.88 Å². The maximum atomic E-state index is 5.62. The first kappa shape index (κ1) is 7.78. The molecule has 0 radical (unpaired) electrons. The number of aryl methyl sites for hydroxylation is 1. The summed E-state index contributed by atoms with van der Waals surface area (Å²) in [5, 5.41) is 0. The lowest BCUT2D eigenvalue weighted by Crippen LogP contribution is -2.02. The Kier molecular flexibility index (Phi) is 2.25. The molecule has 1 aromatic rings. The third kappa shape index (κ3) is 1.58. The van der Waals surface area contributed by atoms with Crippen LogP contribution in [0.3, 0.4) is 0 Å². The quantitative estimate of drug-likeness (QED) is 0.681. The minimum absolute atomic E-state index is 0.472. The fraction of sp³-hybridized carbons (Fsp3) is 0.429. The van der Waals surface area contributed by atoms with E-state index in [2.05, 4.69) is 9.97 Å². The van der Waals surface area contributed by atoms with Gasteiger partial charge in [-0.25, -0.2) is 4.98 Å². The van der Waals surface area contributed by atoms with Crippen LogP contribution < -0.4 is 10.5 Å². The van der Waals surface area contributed by atoms with Crippen molar-refractivity contribution in [2.75, 3.05) is 12.3 Å². The minimum Gasteiger partial charge on any atom is -0.476 e. The molecule has 4 heteroatoms. The highest BCUT2D eigenvalue weighted by molar-refractivity contribution is 5.50. The van der Waals surface area contributed by atoms with Crippen molar-refractivity contribution in [2.24, 2.45) is 0 Å². The highest BCUT2D eigenvalue weighted by atomic mass is 16.5.